The number of carbonyl (C=O) groups is 1. The lowest BCUT2D eigenvalue weighted by Crippen LogP contribution is -2.30. The van der Waals surface area contributed by atoms with Crippen LogP contribution < -0.4 is 4.72 Å². The van der Waals surface area contributed by atoms with Gasteiger partial charge >= 0.3 is 0 Å². The summed E-state index contributed by atoms with van der Waals surface area (Å²) in [6.07, 6.45) is 1.03. The molecule has 0 aliphatic heterocycles. The third kappa shape index (κ3) is 4.10. The van der Waals surface area contributed by atoms with Gasteiger partial charge in [-0.15, -0.1) is 0 Å². The number of sulfone groups is 1. The average Bonchev–Trinajstić information content (AvgIpc) is 2.46. The molecular formula is C14H12ClNO5S2. The van der Waals surface area contributed by atoms with Gasteiger partial charge in [0.2, 0.25) is 0 Å². The lowest BCUT2D eigenvalue weighted by molar-refractivity contribution is 0.0981. The van der Waals surface area contributed by atoms with E-state index >= 15 is 0 Å². The van der Waals surface area contributed by atoms with Crippen molar-refractivity contribution >= 4 is 37.4 Å². The Labute approximate surface area is 139 Å². The molecule has 1 amide bonds. The highest BCUT2D eigenvalue weighted by Crippen LogP contribution is 2.20. The van der Waals surface area contributed by atoms with E-state index in [2.05, 4.69) is 0 Å². The molecule has 2 rings (SSSR count). The monoisotopic (exact) mass is 373 g/mol. The van der Waals surface area contributed by atoms with Gasteiger partial charge in [0.25, 0.3) is 15.9 Å². The molecule has 0 aliphatic carbocycles. The van der Waals surface area contributed by atoms with Gasteiger partial charge in [0, 0.05) is 11.8 Å². The molecule has 0 heterocycles. The smallest absolute Gasteiger partial charge is 0.265 e. The molecule has 0 saturated carbocycles. The van der Waals surface area contributed by atoms with Crippen LogP contribution in [-0.2, 0) is 19.9 Å². The first-order valence-corrected chi connectivity index (χ1v) is 9.98. The van der Waals surface area contributed by atoms with Gasteiger partial charge in [-0.1, -0.05) is 23.7 Å². The van der Waals surface area contributed by atoms with Crippen LogP contribution in [0.25, 0.3) is 0 Å². The number of hydrogen-bond donors (Lipinski definition) is 1. The number of hydrogen-bond acceptors (Lipinski definition) is 5. The predicted molar refractivity (Wildman–Crippen MR) is 85.7 cm³/mol. The highest BCUT2D eigenvalue weighted by Gasteiger charge is 2.21. The minimum atomic E-state index is -4.13. The second kappa shape index (κ2) is 6.31. The van der Waals surface area contributed by atoms with E-state index in [1.807, 2.05) is 4.72 Å². The van der Waals surface area contributed by atoms with Crippen molar-refractivity contribution in [2.75, 3.05) is 6.26 Å². The third-order valence-corrected chi connectivity index (χ3v) is 5.86. The van der Waals surface area contributed by atoms with Crippen LogP contribution in [0.1, 0.15) is 10.4 Å². The van der Waals surface area contributed by atoms with Crippen LogP contribution in [0, 0.1) is 0 Å². The largest absolute Gasteiger partial charge is 0.268 e. The Kier molecular flexibility index (Phi) is 4.79. The Balaban J connectivity index is 2.27. The minimum absolute atomic E-state index is 0.00743. The zero-order chi connectivity index (χ0) is 17.3. The maximum atomic E-state index is 12.2. The summed E-state index contributed by atoms with van der Waals surface area (Å²) in [5, 5.41) is -0.0137. The topological polar surface area (TPSA) is 97.4 Å². The molecule has 23 heavy (non-hydrogen) atoms. The quantitative estimate of drug-likeness (QED) is 0.882. The zero-order valence-electron chi connectivity index (χ0n) is 11.9. The van der Waals surface area contributed by atoms with Gasteiger partial charge in [0.1, 0.15) is 4.90 Å². The van der Waals surface area contributed by atoms with Gasteiger partial charge in [0.05, 0.1) is 9.92 Å². The number of amides is 1. The molecule has 0 aliphatic rings. The van der Waals surface area contributed by atoms with E-state index in [4.69, 9.17) is 11.6 Å². The molecule has 2 aromatic carbocycles. The molecule has 0 unspecified atom stereocenters. The van der Waals surface area contributed by atoms with E-state index in [-0.39, 0.29) is 20.4 Å². The first kappa shape index (κ1) is 17.5. The molecule has 9 heteroatoms. The molecule has 0 bridgehead atoms. The average molecular weight is 374 g/mol. The van der Waals surface area contributed by atoms with Crippen LogP contribution in [0.5, 0.6) is 0 Å². The number of carbonyl (C=O) groups excluding carboxylic acids is 1. The second-order valence-corrected chi connectivity index (χ2v) is 8.74. The minimum Gasteiger partial charge on any atom is -0.268 e. The number of sulfonamides is 1. The van der Waals surface area contributed by atoms with Gasteiger partial charge in [0.15, 0.2) is 9.84 Å². The second-order valence-electron chi connectivity index (χ2n) is 4.66. The van der Waals surface area contributed by atoms with E-state index in [9.17, 15) is 21.6 Å². The summed E-state index contributed by atoms with van der Waals surface area (Å²) < 4.78 is 48.9. The van der Waals surface area contributed by atoms with Gasteiger partial charge in [-0.2, -0.15) is 0 Å². The molecule has 0 saturated heterocycles. The van der Waals surface area contributed by atoms with Crippen LogP contribution in [0.15, 0.2) is 58.3 Å². The van der Waals surface area contributed by atoms with Gasteiger partial charge in [-0.05, 0) is 36.4 Å². The van der Waals surface area contributed by atoms with Crippen molar-refractivity contribution < 1.29 is 21.6 Å². The summed E-state index contributed by atoms with van der Waals surface area (Å²) in [4.78, 5) is 11.8. The van der Waals surface area contributed by atoms with Crippen molar-refractivity contribution in [1.29, 1.82) is 0 Å². The predicted octanol–water partition coefficient (Wildman–Crippen LogP) is 1.86. The third-order valence-electron chi connectivity index (χ3n) is 2.90. The Morgan fingerprint density at radius 2 is 1.52 bits per heavy atom. The summed E-state index contributed by atoms with van der Waals surface area (Å²) in [7, 11) is -7.52. The van der Waals surface area contributed by atoms with Crippen LogP contribution in [0.4, 0.5) is 0 Å². The van der Waals surface area contributed by atoms with Crippen molar-refractivity contribution in [3.63, 3.8) is 0 Å². The molecule has 122 valence electrons. The SMILES string of the molecule is CS(=O)(=O)c1ccc(C(=O)NS(=O)(=O)c2ccccc2Cl)cc1. The lowest BCUT2D eigenvalue weighted by atomic mass is 10.2. The van der Waals surface area contributed by atoms with Gasteiger partial charge < -0.3 is 0 Å². The fourth-order valence-electron chi connectivity index (χ4n) is 1.75. The summed E-state index contributed by atoms with van der Waals surface area (Å²) in [6.45, 7) is 0. The van der Waals surface area contributed by atoms with E-state index in [1.54, 1.807) is 6.07 Å². The van der Waals surface area contributed by atoms with Crippen molar-refractivity contribution in [3.8, 4) is 0 Å². The van der Waals surface area contributed by atoms with Crippen molar-refractivity contribution in [1.82, 2.24) is 4.72 Å². The van der Waals surface area contributed by atoms with E-state index in [1.165, 1.54) is 42.5 Å². The number of nitrogens with one attached hydrogen (secondary N) is 1. The first-order chi connectivity index (χ1) is 10.6. The molecule has 0 spiro atoms. The molecule has 0 radical (unpaired) electrons. The zero-order valence-corrected chi connectivity index (χ0v) is 14.2. The molecule has 1 N–H and O–H groups in total. The van der Waals surface area contributed by atoms with Crippen LogP contribution >= 0.6 is 11.6 Å². The lowest BCUT2D eigenvalue weighted by Gasteiger charge is -2.08. The van der Waals surface area contributed by atoms with E-state index in [0.717, 1.165) is 6.26 Å². The molecule has 0 aromatic heterocycles. The van der Waals surface area contributed by atoms with Gasteiger partial charge in [-0.25, -0.2) is 21.6 Å². The highest BCUT2D eigenvalue weighted by atomic mass is 35.5. The maximum absolute atomic E-state index is 12.2. The molecule has 6 nitrogen and oxygen atoms in total. The van der Waals surface area contributed by atoms with Crippen molar-refractivity contribution in [3.05, 3.63) is 59.1 Å². The van der Waals surface area contributed by atoms with Crippen molar-refractivity contribution in [2.45, 2.75) is 9.79 Å². The Morgan fingerprint density at radius 1 is 0.957 bits per heavy atom. The van der Waals surface area contributed by atoms with Gasteiger partial charge in [-0.3, -0.25) is 4.79 Å². The molecular weight excluding hydrogens is 362 g/mol. The van der Waals surface area contributed by atoms with Crippen molar-refractivity contribution in [2.24, 2.45) is 0 Å². The first-order valence-electron chi connectivity index (χ1n) is 6.23. The maximum Gasteiger partial charge on any atom is 0.265 e. The highest BCUT2D eigenvalue weighted by molar-refractivity contribution is 7.90. The Bertz CT molecular complexity index is 951. The number of benzene rings is 2. The summed E-state index contributed by atoms with van der Waals surface area (Å²) in [6, 6.07) is 10.6. The van der Waals surface area contributed by atoms with E-state index < -0.39 is 25.8 Å². The fourth-order valence-corrected chi connectivity index (χ4v) is 3.88. The van der Waals surface area contributed by atoms with Crippen LogP contribution in [-0.4, -0.2) is 29.0 Å². The summed E-state index contributed by atoms with van der Waals surface area (Å²) in [5.74, 6) is -0.884. The fraction of sp³-hybridized carbons (Fsp3) is 0.0714. The summed E-state index contributed by atoms with van der Waals surface area (Å²) in [5.41, 5.74) is 0.00743. The Hall–Kier alpha value is -1.90. The van der Waals surface area contributed by atoms with Crippen LogP contribution in [0.2, 0.25) is 5.02 Å². The van der Waals surface area contributed by atoms with Crippen LogP contribution in [0.3, 0.4) is 0 Å². The Morgan fingerprint density at radius 3 is 2.04 bits per heavy atom. The molecule has 0 atom stereocenters. The van der Waals surface area contributed by atoms with E-state index in [0.29, 0.717) is 0 Å². The normalized spacial score (nSPS) is 11.9. The molecule has 2 aromatic rings. The standard InChI is InChI=1S/C14H12ClNO5S2/c1-22(18,19)11-8-6-10(7-9-11)14(17)16-23(20,21)13-5-3-2-4-12(13)15/h2-9H,1H3,(H,16,17). The molecule has 0 fully saturated rings. The summed E-state index contributed by atoms with van der Waals surface area (Å²) >= 11 is 5.81. The number of rotatable bonds is 4. The number of halogens is 1.